The number of nitrogens with zero attached hydrogens (tertiary/aromatic N) is 2. The minimum Gasteiger partial charge on any atom is -0.369 e. The molecule has 1 unspecified atom stereocenters. The van der Waals surface area contributed by atoms with E-state index in [4.69, 9.17) is 5.73 Å². The number of likely N-dealkylation sites (tertiary alicyclic amines) is 1. The van der Waals surface area contributed by atoms with Crippen LogP contribution in [0, 0.1) is 17.8 Å². The fourth-order valence-corrected chi connectivity index (χ4v) is 3.03. The normalized spacial score (nSPS) is 17.2. The van der Waals surface area contributed by atoms with Crippen molar-refractivity contribution >= 4 is 11.8 Å². The molecule has 1 saturated heterocycles. The van der Waals surface area contributed by atoms with Crippen LogP contribution in [0.3, 0.4) is 0 Å². The molecule has 1 atom stereocenters. The summed E-state index contributed by atoms with van der Waals surface area (Å²) in [6.07, 6.45) is 3.43. The van der Waals surface area contributed by atoms with Crippen LogP contribution in [0.15, 0.2) is 43.0 Å². The number of piperidine rings is 1. The van der Waals surface area contributed by atoms with Crippen molar-refractivity contribution in [3.63, 3.8) is 0 Å². The lowest BCUT2D eigenvalue weighted by atomic mass is 9.96. The van der Waals surface area contributed by atoms with Gasteiger partial charge in [-0.3, -0.25) is 14.5 Å². The Labute approximate surface area is 149 Å². The van der Waals surface area contributed by atoms with E-state index >= 15 is 0 Å². The third kappa shape index (κ3) is 6.09. The Morgan fingerprint density at radius 3 is 2.80 bits per heavy atom. The van der Waals surface area contributed by atoms with Gasteiger partial charge in [-0.15, -0.1) is 6.58 Å². The molecule has 1 aliphatic rings. The van der Waals surface area contributed by atoms with Crippen molar-refractivity contribution in [1.29, 1.82) is 0 Å². The van der Waals surface area contributed by atoms with Crippen molar-refractivity contribution in [2.24, 2.45) is 11.7 Å². The predicted octanol–water partition coefficient (Wildman–Crippen LogP) is 1.25. The maximum Gasteiger partial charge on any atom is 0.231 e. The molecule has 132 valence electrons. The van der Waals surface area contributed by atoms with Gasteiger partial charge in [-0.25, -0.2) is 0 Å². The summed E-state index contributed by atoms with van der Waals surface area (Å²) < 4.78 is 0. The first-order chi connectivity index (χ1) is 12.1. The highest BCUT2D eigenvalue weighted by atomic mass is 16.2. The van der Waals surface area contributed by atoms with Crippen molar-refractivity contribution < 1.29 is 9.59 Å². The van der Waals surface area contributed by atoms with Gasteiger partial charge in [-0.1, -0.05) is 36.1 Å². The molecular weight excluding hydrogens is 314 g/mol. The summed E-state index contributed by atoms with van der Waals surface area (Å²) in [4.78, 5) is 27.6. The largest absolute Gasteiger partial charge is 0.369 e. The third-order valence-corrected chi connectivity index (χ3v) is 4.17. The van der Waals surface area contributed by atoms with E-state index in [9.17, 15) is 9.59 Å². The number of hydrogen-bond acceptors (Lipinski definition) is 3. The molecule has 0 radical (unpaired) electrons. The summed E-state index contributed by atoms with van der Waals surface area (Å²) in [5.41, 5.74) is 6.20. The number of carbonyl (C=O) groups is 2. The smallest absolute Gasteiger partial charge is 0.231 e. The molecule has 0 aromatic heterocycles. The number of benzene rings is 1. The summed E-state index contributed by atoms with van der Waals surface area (Å²) in [5, 5.41) is 0. The van der Waals surface area contributed by atoms with Gasteiger partial charge in [0.2, 0.25) is 11.8 Å². The van der Waals surface area contributed by atoms with E-state index in [1.165, 1.54) is 0 Å². The van der Waals surface area contributed by atoms with Crippen molar-refractivity contribution in [2.75, 3.05) is 32.7 Å². The molecule has 1 aliphatic heterocycles. The number of carbonyl (C=O) groups excluding carboxylic acids is 2. The van der Waals surface area contributed by atoms with Gasteiger partial charge in [0.15, 0.2) is 0 Å². The Morgan fingerprint density at radius 1 is 1.36 bits per heavy atom. The van der Waals surface area contributed by atoms with Crippen molar-refractivity contribution in [2.45, 2.75) is 12.8 Å². The van der Waals surface area contributed by atoms with Crippen LogP contribution in [0.5, 0.6) is 0 Å². The highest BCUT2D eigenvalue weighted by Gasteiger charge is 2.29. The molecule has 0 spiro atoms. The molecule has 2 amide bonds. The van der Waals surface area contributed by atoms with Crippen LogP contribution >= 0.6 is 0 Å². The van der Waals surface area contributed by atoms with E-state index in [0.29, 0.717) is 19.6 Å². The number of nitrogens with two attached hydrogens (primary N) is 1. The van der Waals surface area contributed by atoms with Crippen LogP contribution in [0.2, 0.25) is 0 Å². The van der Waals surface area contributed by atoms with Gasteiger partial charge in [-0.05, 0) is 31.5 Å². The standard InChI is InChI=1S/C20H25N3O2/c1-2-12-23(14-6-10-17-8-4-3-5-9-17)20(25)18-11-7-13-22(15-18)16-19(21)24/h2-5,8-9,18H,1,7,11-16H2,(H2,21,24). The maximum atomic E-state index is 12.8. The molecule has 2 N–H and O–H groups in total. The van der Waals surface area contributed by atoms with Gasteiger partial charge in [-0.2, -0.15) is 0 Å². The first kappa shape index (κ1) is 18.8. The number of primary amides is 1. The summed E-state index contributed by atoms with van der Waals surface area (Å²) in [6.45, 7) is 6.15. The van der Waals surface area contributed by atoms with Gasteiger partial charge in [0.1, 0.15) is 0 Å². The zero-order valence-corrected chi connectivity index (χ0v) is 14.5. The Balaban J connectivity index is 1.98. The van der Waals surface area contributed by atoms with E-state index < -0.39 is 0 Å². The molecular formula is C20H25N3O2. The fraction of sp³-hybridized carbons (Fsp3) is 0.400. The van der Waals surface area contributed by atoms with E-state index in [-0.39, 0.29) is 24.3 Å². The molecule has 0 saturated carbocycles. The van der Waals surface area contributed by atoms with Gasteiger partial charge in [0, 0.05) is 18.7 Å². The van der Waals surface area contributed by atoms with Gasteiger partial charge < -0.3 is 10.6 Å². The second-order valence-electron chi connectivity index (χ2n) is 6.22. The van der Waals surface area contributed by atoms with Crippen LogP contribution in [0.25, 0.3) is 0 Å². The topological polar surface area (TPSA) is 66.6 Å². The lowest BCUT2D eigenvalue weighted by Crippen LogP contribution is -2.47. The molecule has 1 aromatic carbocycles. The Kier molecular flexibility index (Phi) is 7.24. The second kappa shape index (κ2) is 9.65. The minimum absolute atomic E-state index is 0.0661. The number of hydrogen-bond donors (Lipinski definition) is 1. The summed E-state index contributed by atoms with van der Waals surface area (Å²) in [7, 11) is 0. The van der Waals surface area contributed by atoms with Gasteiger partial charge in [0.05, 0.1) is 19.0 Å². The molecule has 1 heterocycles. The first-order valence-electron chi connectivity index (χ1n) is 8.54. The molecule has 0 aliphatic carbocycles. The zero-order valence-electron chi connectivity index (χ0n) is 14.5. The van der Waals surface area contributed by atoms with Crippen LogP contribution in [-0.4, -0.2) is 54.3 Å². The molecule has 1 fully saturated rings. The monoisotopic (exact) mass is 339 g/mol. The molecule has 0 bridgehead atoms. The van der Waals surface area contributed by atoms with Crippen molar-refractivity contribution in [1.82, 2.24) is 9.80 Å². The second-order valence-corrected chi connectivity index (χ2v) is 6.22. The van der Waals surface area contributed by atoms with Crippen LogP contribution in [0.4, 0.5) is 0 Å². The molecule has 1 aromatic rings. The van der Waals surface area contributed by atoms with E-state index in [1.54, 1.807) is 11.0 Å². The number of amides is 2. The van der Waals surface area contributed by atoms with Gasteiger partial charge in [0.25, 0.3) is 0 Å². The average molecular weight is 339 g/mol. The highest BCUT2D eigenvalue weighted by molar-refractivity contribution is 5.80. The average Bonchev–Trinajstić information content (AvgIpc) is 2.61. The van der Waals surface area contributed by atoms with E-state index in [0.717, 1.165) is 24.9 Å². The number of rotatable bonds is 6. The Hall–Kier alpha value is -2.58. The minimum atomic E-state index is -0.357. The molecule has 25 heavy (non-hydrogen) atoms. The zero-order chi connectivity index (χ0) is 18.1. The molecule has 5 heteroatoms. The summed E-state index contributed by atoms with van der Waals surface area (Å²) in [6, 6.07) is 9.70. The molecule has 2 rings (SSSR count). The highest BCUT2D eigenvalue weighted by Crippen LogP contribution is 2.18. The Morgan fingerprint density at radius 2 is 2.12 bits per heavy atom. The van der Waals surface area contributed by atoms with Crippen LogP contribution in [0.1, 0.15) is 18.4 Å². The van der Waals surface area contributed by atoms with Crippen molar-refractivity contribution in [3.8, 4) is 11.8 Å². The first-order valence-corrected chi connectivity index (χ1v) is 8.54. The Bertz CT molecular complexity index is 661. The van der Waals surface area contributed by atoms with E-state index in [2.05, 4.69) is 18.4 Å². The lowest BCUT2D eigenvalue weighted by molar-refractivity contribution is -0.136. The lowest BCUT2D eigenvalue weighted by Gasteiger charge is -2.33. The van der Waals surface area contributed by atoms with E-state index in [1.807, 2.05) is 35.2 Å². The van der Waals surface area contributed by atoms with Gasteiger partial charge >= 0.3 is 0 Å². The summed E-state index contributed by atoms with van der Waals surface area (Å²) in [5.74, 6) is 5.74. The quantitative estimate of drug-likeness (QED) is 0.627. The van der Waals surface area contributed by atoms with Crippen molar-refractivity contribution in [3.05, 3.63) is 48.6 Å². The fourth-order valence-electron chi connectivity index (χ4n) is 3.03. The summed E-state index contributed by atoms with van der Waals surface area (Å²) >= 11 is 0. The van der Waals surface area contributed by atoms with Crippen LogP contribution in [-0.2, 0) is 9.59 Å². The SMILES string of the molecule is C=CCN(CC#Cc1ccccc1)C(=O)C1CCCN(CC(N)=O)C1. The predicted molar refractivity (Wildman–Crippen MR) is 98.5 cm³/mol. The molecule has 5 nitrogen and oxygen atoms in total. The third-order valence-electron chi connectivity index (χ3n) is 4.17. The van der Waals surface area contributed by atoms with Crippen LogP contribution < -0.4 is 5.73 Å². The maximum absolute atomic E-state index is 12.8.